The first-order chi connectivity index (χ1) is 11.3. The molecule has 0 spiro atoms. The molecule has 9 heteroatoms. The van der Waals surface area contributed by atoms with E-state index in [0.29, 0.717) is 31.3 Å². The van der Waals surface area contributed by atoms with E-state index in [4.69, 9.17) is 12.2 Å². The smallest absolute Gasteiger partial charge is 0.243 e. The van der Waals surface area contributed by atoms with E-state index in [0.717, 1.165) is 19.2 Å². The molecular weight excluding hydrogens is 351 g/mol. The van der Waals surface area contributed by atoms with Crippen LogP contribution < -0.4 is 5.32 Å². The van der Waals surface area contributed by atoms with Gasteiger partial charge < -0.3 is 15.1 Å². The molecule has 0 aliphatic carbocycles. The summed E-state index contributed by atoms with van der Waals surface area (Å²) in [7, 11) is 0.308. The van der Waals surface area contributed by atoms with Crippen LogP contribution in [0.25, 0.3) is 0 Å². The van der Waals surface area contributed by atoms with E-state index in [1.165, 1.54) is 22.5 Å². The second-order valence-corrected chi connectivity index (χ2v) is 8.21. The lowest BCUT2D eigenvalue weighted by molar-refractivity contribution is 0.263. The zero-order chi connectivity index (χ0) is 17.7. The molecule has 0 unspecified atom stereocenters. The van der Waals surface area contributed by atoms with Gasteiger partial charge in [0.15, 0.2) is 5.11 Å². The van der Waals surface area contributed by atoms with Crippen LogP contribution in [0.5, 0.6) is 0 Å². The van der Waals surface area contributed by atoms with Crippen molar-refractivity contribution in [3.8, 4) is 0 Å². The van der Waals surface area contributed by atoms with Crippen LogP contribution in [0.4, 0.5) is 4.39 Å². The number of sulfonamides is 1. The Morgan fingerprint density at radius 2 is 1.96 bits per heavy atom. The highest BCUT2D eigenvalue weighted by atomic mass is 32.2. The summed E-state index contributed by atoms with van der Waals surface area (Å²) >= 11 is 5.35. The van der Waals surface area contributed by atoms with Crippen LogP contribution in [0.1, 0.15) is 0 Å². The maximum Gasteiger partial charge on any atom is 0.243 e. The summed E-state index contributed by atoms with van der Waals surface area (Å²) in [6, 6.07) is 5.10. The minimum absolute atomic E-state index is 0.0114. The molecule has 24 heavy (non-hydrogen) atoms. The second kappa shape index (κ2) is 8.19. The van der Waals surface area contributed by atoms with E-state index in [9.17, 15) is 12.8 Å². The summed E-state index contributed by atoms with van der Waals surface area (Å²) < 4.78 is 39.8. The lowest BCUT2D eigenvalue weighted by Gasteiger charge is -2.35. The lowest BCUT2D eigenvalue weighted by atomic mass is 10.3. The fourth-order valence-corrected chi connectivity index (χ4v) is 4.15. The van der Waals surface area contributed by atoms with Gasteiger partial charge in [-0.15, -0.1) is 0 Å². The molecule has 1 aliphatic heterocycles. The Balaban J connectivity index is 1.91. The minimum atomic E-state index is -3.67. The van der Waals surface area contributed by atoms with Gasteiger partial charge in [0.2, 0.25) is 10.0 Å². The number of piperazine rings is 1. The highest BCUT2D eigenvalue weighted by Gasteiger charge is 2.29. The van der Waals surface area contributed by atoms with Gasteiger partial charge in [0.05, 0.1) is 4.90 Å². The molecule has 1 aromatic rings. The Bertz CT molecular complexity index is 674. The van der Waals surface area contributed by atoms with Crippen molar-refractivity contribution in [1.82, 2.24) is 19.4 Å². The summed E-state index contributed by atoms with van der Waals surface area (Å²) in [6.07, 6.45) is 0. The number of thiocarbonyl (C=S) groups is 1. The van der Waals surface area contributed by atoms with Crippen molar-refractivity contribution in [2.24, 2.45) is 0 Å². The number of halogens is 1. The van der Waals surface area contributed by atoms with Gasteiger partial charge in [0.1, 0.15) is 5.82 Å². The third-order valence-electron chi connectivity index (χ3n) is 3.79. The topological polar surface area (TPSA) is 55.9 Å². The van der Waals surface area contributed by atoms with Crippen molar-refractivity contribution in [2.75, 3.05) is 53.4 Å². The number of nitrogens with zero attached hydrogens (tertiary/aromatic N) is 3. The van der Waals surface area contributed by atoms with Crippen molar-refractivity contribution in [1.29, 1.82) is 0 Å². The lowest BCUT2D eigenvalue weighted by Crippen LogP contribution is -2.53. The molecule has 6 nitrogen and oxygen atoms in total. The molecule has 0 radical (unpaired) electrons. The van der Waals surface area contributed by atoms with Crippen molar-refractivity contribution < 1.29 is 12.8 Å². The van der Waals surface area contributed by atoms with E-state index >= 15 is 0 Å². The molecule has 1 fully saturated rings. The van der Waals surface area contributed by atoms with Gasteiger partial charge in [-0.25, -0.2) is 12.8 Å². The standard InChI is InChI=1S/C15H23FN4O2S2/c1-18(2)7-6-17-15(23)19-8-10-20(11-9-19)24(21,22)14-5-3-4-13(16)12-14/h3-5,12H,6-11H2,1-2H3,(H,17,23). The maximum absolute atomic E-state index is 13.3. The summed E-state index contributed by atoms with van der Waals surface area (Å²) in [6.45, 7) is 3.30. The van der Waals surface area contributed by atoms with E-state index in [-0.39, 0.29) is 4.90 Å². The largest absolute Gasteiger partial charge is 0.361 e. The molecule has 1 aromatic carbocycles. The zero-order valence-electron chi connectivity index (χ0n) is 13.9. The predicted molar refractivity (Wildman–Crippen MR) is 95.9 cm³/mol. The van der Waals surface area contributed by atoms with Crippen LogP contribution in [-0.2, 0) is 10.0 Å². The number of likely N-dealkylation sites (N-methyl/N-ethyl adjacent to an activating group) is 1. The molecule has 2 rings (SSSR count). The summed E-state index contributed by atoms with van der Waals surface area (Å²) in [4.78, 5) is 4.00. The molecular formula is C15H23FN4O2S2. The van der Waals surface area contributed by atoms with Crippen LogP contribution in [0.2, 0.25) is 0 Å². The molecule has 1 heterocycles. The van der Waals surface area contributed by atoms with Gasteiger partial charge in [0.25, 0.3) is 0 Å². The third kappa shape index (κ3) is 4.85. The number of hydrogen-bond acceptors (Lipinski definition) is 4. The number of hydrogen-bond donors (Lipinski definition) is 1. The highest BCUT2D eigenvalue weighted by molar-refractivity contribution is 7.89. The summed E-state index contributed by atoms with van der Waals surface area (Å²) in [5.41, 5.74) is 0. The fraction of sp³-hybridized carbons (Fsp3) is 0.533. The van der Waals surface area contributed by atoms with Crippen LogP contribution in [-0.4, -0.2) is 81.0 Å². The van der Waals surface area contributed by atoms with E-state index in [2.05, 4.69) is 10.2 Å². The first-order valence-corrected chi connectivity index (χ1v) is 9.59. The Hall–Kier alpha value is -1.29. The Morgan fingerprint density at radius 3 is 2.54 bits per heavy atom. The van der Waals surface area contributed by atoms with Gasteiger partial charge in [-0.2, -0.15) is 4.31 Å². The van der Waals surface area contributed by atoms with Gasteiger partial charge in [-0.1, -0.05) is 6.07 Å². The molecule has 0 saturated carbocycles. The van der Waals surface area contributed by atoms with Gasteiger partial charge in [-0.05, 0) is 44.5 Å². The Kier molecular flexibility index (Phi) is 6.50. The third-order valence-corrected chi connectivity index (χ3v) is 6.09. The average Bonchev–Trinajstić information content (AvgIpc) is 2.54. The SMILES string of the molecule is CN(C)CCNC(=S)N1CCN(S(=O)(=O)c2cccc(F)c2)CC1. The Labute approximate surface area is 148 Å². The van der Waals surface area contributed by atoms with Crippen molar-refractivity contribution in [3.05, 3.63) is 30.1 Å². The van der Waals surface area contributed by atoms with Crippen molar-refractivity contribution in [3.63, 3.8) is 0 Å². The highest BCUT2D eigenvalue weighted by Crippen LogP contribution is 2.18. The van der Waals surface area contributed by atoms with E-state index in [1.54, 1.807) is 0 Å². The summed E-state index contributed by atoms with van der Waals surface area (Å²) in [5, 5.41) is 3.81. The van der Waals surface area contributed by atoms with Crippen LogP contribution in [0.15, 0.2) is 29.2 Å². The fourth-order valence-electron chi connectivity index (χ4n) is 2.41. The van der Waals surface area contributed by atoms with Crippen LogP contribution >= 0.6 is 12.2 Å². The van der Waals surface area contributed by atoms with Crippen LogP contribution in [0.3, 0.4) is 0 Å². The first kappa shape index (κ1) is 19.0. The average molecular weight is 375 g/mol. The molecule has 1 N–H and O–H groups in total. The number of nitrogens with one attached hydrogen (secondary N) is 1. The monoisotopic (exact) mass is 374 g/mol. The summed E-state index contributed by atoms with van der Waals surface area (Å²) in [5.74, 6) is -0.555. The maximum atomic E-state index is 13.3. The van der Waals surface area contributed by atoms with E-state index < -0.39 is 15.8 Å². The van der Waals surface area contributed by atoms with Crippen LogP contribution in [0, 0.1) is 5.82 Å². The van der Waals surface area contributed by atoms with Gasteiger partial charge >= 0.3 is 0 Å². The zero-order valence-corrected chi connectivity index (χ0v) is 15.5. The molecule has 134 valence electrons. The van der Waals surface area contributed by atoms with Crippen molar-refractivity contribution in [2.45, 2.75) is 4.90 Å². The van der Waals surface area contributed by atoms with Gasteiger partial charge in [-0.3, -0.25) is 0 Å². The molecule has 0 atom stereocenters. The second-order valence-electron chi connectivity index (χ2n) is 5.88. The molecule has 0 bridgehead atoms. The minimum Gasteiger partial charge on any atom is -0.361 e. The predicted octanol–water partition coefficient (Wildman–Crippen LogP) is 0.568. The molecule has 1 aliphatic rings. The van der Waals surface area contributed by atoms with Gasteiger partial charge in [0, 0.05) is 39.3 Å². The normalized spacial score (nSPS) is 16.4. The first-order valence-electron chi connectivity index (χ1n) is 7.74. The van der Waals surface area contributed by atoms with E-state index in [1.807, 2.05) is 19.0 Å². The molecule has 0 amide bonds. The number of rotatable bonds is 5. The Morgan fingerprint density at radius 1 is 1.29 bits per heavy atom. The molecule has 0 aromatic heterocycles. The molecule has 1 saturated heterocycles. The quantitative estimate of drug-likeness (QED) is 0.761. The number of benzene rings is 1. The van der Waals surface area contributed by atoms with Crippen molar-refractivity contribution >= 4 is 27.4 Å².